The second-order valence-corrected chi connectivity index (χ2v) is 6.70. The number of amides is 2. The Hall–Kier alpha value is -2.08. The summed E-state index contributed by atoms with van der Waals surface area (Å²) in [4.78, 5) is 37.5. The largest absolute Gasteiger partial charge is 0.465 e. The van der Waals surface area contributed by atoms with Crippen LogP contribution in [0.5, 0.6) is 0 Å². The zero-order valence-corrected chi connectivity index (χ0v) is 13.6. The second kappa shape index (κ2) is 5.23. The molecule has 122 valence electrons. The van der Waals surface area contributed by atoms with E-state index in [0.29, 0.717) is 22.6 Å². The van der Waals surface area contributed by atoms with Crippen LogP contribution in [0.15, 0.2) is 12.1 Å². The number of anilines is 1. The van der Waals surface area contributed by atoms with Crippen molar-refractivity contribution in [2.75, 3.05) is 24.5 Å². The molecule has 2 heterocycles. The highest BCUT2D eigenvalue weighted by atomic mass is 35.5. The molecule has 2 aliphatic rings. The van der Waals surface area contributed by atoms with Gasteiger partial charge in [-0.15, -0.1) is 0 Å². The van der Waals surface area contributed by atoms with Gasteiger partial charge >= 0.3 is 6.09 Å². The quantitative estimate of drug-likeness (QED) is 0.859. The summed E-state index contributed by atoms with van der Waals surface area (Å²) in [6, 6.07) is 3.67. The molecule has 1 aromatic rings. The maximum atomic E-state index is 12.8. The van der Waals surface area contributed by atoms with Gasteiger partial charge in [-0.3, -0.25) is 4.79 Å². The number of rotatable bonds is 3. The molecule has 3 rings (SSSR count). The fraction of sp³-hybridized carbons (Fsp3) is 0.438. The minimum absolute atomic E-state index is 0.0575. The number of hydrogen-bond acceptors (Lipinski definition) is 3. The lowest BCUT2D eigenvalue weighted by Gasteiger charge is -2.45. The Bertz CT molecular complexity index is 710. The van der Waals surface area contributed by atoms with Crippen LogP contribution < -0.4 is 4.90 Å². The summed E-state index contributed by atoms with van der Waals surface area (Å²) in [7, 11) is 0. The molecule has 1 spiro atoms. The van der Waals surface area contributed by atoms with Crippen LogP contribution in [0.4, 0.5) is 10.5 Å². The fourth-order valence-corrected chi connectivity index (χ4v) is 4.03. The normalized spacial score (nSPS) is 18.3. The predicted octanol–water partition coefficient (Wildman–Crippen LogP) is 2.24. The summed E-state index contributed by atoms with van der Waals surface area (Å²) in [5.41, 5.74) is 1.23. The fourth-order valence-electron chi connectivity index (χ4n) is 3.47. The summed E-state index contributed by atoms with van der Waals surface area (Å²) in [5.74, 6) is -0.0735. The number of aldehydes is 1. The molecule has 0 saturated carbocycles. The molecule has 6 nitrogen and oxygen atoms in total. The van der Waals surface area contributed by atoms with Crippen LogP contribution in [-0.4, -0.2) is 47.9 Å². The van der Waals surface area contributed by atoms with E-state index in [1.165, 1.54) is 9.80 Å². The maximum Gasteiger partial charge on any atom is 0.407 e. The number of fused-ring (bicyclic) bond motifs is 2. The highest BCUT2D eigenvalue weighted by molar-refractivity contribution is 6.34. The third-order valence-electron chi connectivity index (χ3n) is 4.64. The van der Waals surface area contributed by atoms with Gasteiger partial charge in [0.2, 0.25) is 5.91 Å². The predicted molar refractivity (Wildman–Crippen MR) is 85.2 cm³/mol. The lowest BCUT2D eigenvalue weighted by molar-refractivity contribution is -0.128. The number of benzene rings is 1. The number of carbonyl (C=O) groups is 3. The van der Waals surface area contributed by atoms with E-state index in [-0.39, 0.29) is 31.5 Å². The topological polar surface area (TPSA) is 77.9 Å². The molecule has 2 amide bonds. The second-order valence-electron chi connectivity index (χ2n) is 6.32. The van der Waals surface area contributed by atoms with Crippen molar-refractivity contribution in [1.29, 1.82) is 0 Å². The Balaban J connectivity index is 2.15. The Labute approximate surface area is 138 Å². The van der Waals surface area contributed by atoms with E-state index in [1.54, 1.807) is 6.07 Å². The highest BCUT2D eigenvalue weighted by Crippen LogP contribution is 2.51. The average molecular weight is 337 g/mol. The third-order valence-corrected chi connectivity index (χ3v) is 5.05. The van der Waals surface area contributed by atoms with E-state index in [2.05, 4.69) is 0 Å². The van der Waals surface area contributed by atoms with Gasteiger partial charge in [0.1, 0.15) is 11.7 Å². The van der Waals surface area contributed by atoms with E-state index in [1.807, 2.05) is 19.9 Å². The molecule has 23 heavy (non-hydrogen) atoms. The van der Waals surface area contributed by atoms with Crippen LogP contribution in [0, 0.1) is 0 Å². The van der Waals surface area contributed by atoms with Crippen LogP contribution in [-0.2, 0) is 15.0 Å². The standard InChI is InChI=1S/C16H17ClN2O4/c1-9(2)10-3-4-11-12(13(10)17)16(7-18(8-16)15(22)23)14(21)19(11)5-6-20/h3-4,6,9H,5,7-8H2,1-2H3,(H,22,23). The number of halogens is 1. The minimum atomic E-state index is -1.06. The van der Waals surface area contributed by atoms with Gasteiger partial charge < -0.3 is 19.7 Å². The molecule has 0 aromatic heterocycles. The first-order chi connectivity index (χ1) is 10.8. The van der Waals surface area contributed by atoms with Gasteiger partial charge in [0.15, 0.2) is 0 Å². The molecule has 0 radical (unpaired) electrons. The smallest absolute Gasteiger partial charge is 0.407 e. The van der Waals surface area contributed by atoms with Gasteiger partial charge in [0.25, 0.3) is 0 Å². The van der Waals surface area contributed by atoms with Crippen LogP contribution in [0.25, 0.3) is 0 Å². The summed E-state index contributed by atoms with van der Waals surface area (Å²) >= 11 is 6.57. The number of carboxylic acid groups (broad SMARTS) is 1. The number of hydrogen-bond donors (Lipinski definition) is 1. The molecule has 2 aliphatic heterocycles. The van der Waals surface area contributed by atoms with Gasteiger partial charge in [-0.1, -0.05) is 31.5 Å². The molecule has 0 atom stereocenters. The van der Waals surface area contributed by atoms with Crippen LogP contribution in [0.1, 0.15) is 30.9 Å². The van der Waals surface area contributed by atoms with Gasteiger partial charge in [-0.25, -0.2) is 4.79 Å². The molecule has 1 saturated heterocycles. The Morgan fingerprint density at radius 1 is 1.43 bits per heavy atom. The summed E-state index contributed by atoms with van der Waals surface area (Å²) < 4.78 is 0. The Kier molecular flexibility index (Phi) is 3.59. The van der Waals surface area contributed by atoms with E-state index >= 15 is 0 Å². The van der Waals surface area contributed by atoms with Gasteiger partial charge in [0, 0.05) is 18.7 Å². The molecule has 0 bridgehead atoms. The molecule has 1 fully saturated rings. The number of likely N-dealkylation sites (tertiary alicyclic amines) is 1. The highest BCUT2D eigenvalue weighted by Gasteiger charge is 2.60. The van der Waals surface area contributed by atoms with Crippen molar-refractivity contribution in [2.24, 2.45) is 0 Å². The van der Waals surface area contributed by atoms with Crippen molar-refractivity contribution in [2.45, 2.75) is 25.2 Å². The zero-order chi connectivity index (χ0) is 16.9. The first kappa shape index (κ1) is 15.8. The minimum Gasteiger partial charge on any atom is -0.465 e. The lowest BCUT2D eigenvalue weighted by Crippen LogP contribution is -2.65. The molecule has 1 aromatic carbocycles. The molecule has 7 heteroatoms. The first-order valence-electron chi connectivity index (χ1n) is 7.40. The SMILES string of the molecule is CC(C)c1ccc2c(c1Cl)C1(CN(C(=O)O)C1)C(=O)N2CC=O. The van der Waals surface area contributed by atoms with Gasteiger partial charge in [0.05, 0.1) is 17.3 Å². The van der Waals surface area contributed by atoms with Crippen molar-refractivity contribution in [3.8, 4) is 0 Å². The van der Waals surface area contributed by atoms with Gasteiger partial charge in [-0.2, -0.15) is 0 Å². The molecule has 0 unspecified atom stereocenters. The van der Waals surface area contributed by atoms with E-state index in [0.717, 1.165) is 5.56 Å². The van der Waals surface area contributed by atoms with Crippen molar-refractivity contribution in [3.63, 3.8) is 0 Å². The lowest BCUT2D eigenvalue weighted by atomic mass is 9.74. The Morgan fingerprint density at radius 2 is 2.09 bits per heavy atom. The average Bonchev–Trinajstić information content (AvgIpc) is 2.68. The monoisotopic (exact) mass is 336 g/mol. The number of carbonyl (C=O) groups excluding carboxylic acids is 2. The number of nitrogens with zero attached hydrogens (tertiary/aromatic N) is 2. The van der Waals surface area contributed by atoms with Gasteiger partial charge in [-0.05, 0) is 17.5 Å². The van der Waals surface area contributed by atoms with Crippen molar-refractivity contribution < 1.29 is 19.5 Å². The van der Waals surface area contributed by atoms with Crippen molar-refractivity contribution in [1.82, 2.24) is 4.90 Å². The van der Waals surface area contributed by atoms with E-state index < -0.39 is 11.5 Å². The summed E-state index contributed by atoms with van der Waals surface area (Å²) in [6.07, 6.45) is -0.395. The zero-order valence-electron chi connectivity index (χ0n) is 12.9. The first-order valence-corrected chi connectivity index (χ1v) is 7.77. The summed E-state index contributed by atoms with van der Waals surface area (Å²) in [6.45, 7) is 4.10. The molecule has 0 aliphatic carbocycles. The van der Waals surface area contributed by atoms with Crippen LogP contribution >= 0.6 is 11.6 Å². The van der Waals surface area contributed by atoms with E-state index in [9.17, 15) is 14.4 Å². The van der Waals surface area contributed by atoms with Crippen molar-refractivity contribution >= 4 is 35.6 Å². The van der Waals surface area contributed by atoms with Crippen LogP contribution in [0.3, 0.4) is 0 Å². The van der Waals surface area contributed by atoms with E-state index in [4.69, 9.17) is 16.7 Å². The molecular formula is C16H17ClN2O4. The third kappa shape index (κ3) is 2.05. The van der Waals surface area contributed by atoms with Crippen molar-refractivity contribution in [3.05, 3.63) is 28.3 Å². The summed E-state index contributed by atoms with van der Waals surface area (Å²) in [5, 5.41) is 9.61. The molecule has 1 N–H and O–H groups in total. The molecular weight excluding hydrogens is 320 g/mol. The van der Waals surface area contributed by atoms with Crippen LogP contribution in [0.2, 0.25) is 5.02 Å². The maximum absolute atomic E-state index is 12.8. The Morgan fingerprint density at radius 3 is 2.61 bits per heavy atom.